The van der Waals surface area contributed by atoms with Crippen molar-refractivity contribution >= 4 is 39.5 Å². The van der Waals surface area contributed by atoms with E-state index in [9.17, 15) is 9.90 Å². The number of aliphatic hydroxyl groups excluding tert-OH is 1. The SMILES string of the molecule is CNc1ccc2ccc(OC[C@H]3O[C@@H](n4ccc5c(N)nc(C(=O)OC)nc54)[C@@H](F)[C@@H]3O)cc2n1. The Morgan fingerprint density at radius 3 is 2.83 bits per heavy atom. The summed E-state index contributed by atoms with van der Waals surface area (Å²) in [4.78, 5) is 24.4. The third-order valence-electron chi connectivity index (χ3n) is 5.87. The molecule has 182 valence electrons. The molecule has 0 saturated carbocycles. The lowest BCUT2D eigenvalue weighted by molar-refractivity contribution is -0.0410. The Labute approximate surface area is 198 Å². The van der Waals surface area contributed by atoms with Crippen molar-refractivity contribution in [2.75, 3.05) is 31.8 Å². The number of hydrogen-bond acceptors (Lipinski definition) is 10. The fourth-order valence-corrected chi connectivity index (χ4v) is 4.01. The summed E-state index contributed by atoms with van der Waals surface area (Å²) >= 11 is 0. The van der Waals surface area contributed by atoms with Crippen molar-refractivity contribution in [3.05, 3.63) is 48.4 Å². The number of halogens is 1. The molecule has 1 aromatic carbocycles. The van der Waals surface area contributed by atoms with Gasteiger partial charge in [-0.05, 0) is 30.3 Å². The van der Waals surface area contributed by atoms with Crippen LogP contribution in [-0.4, -0.2) is 69.7 Å². The zero-order chi connectivity index (χ0) is 24.7. The van der Waals surface area contributed by atoms with Gasteiger partial charge in [0, 0.05) is 24.7 Å². The molecule has 1 fully saturated rings. The van der Waals surface area contributed by atoms with Gasteiger partial charge in [0.2, 0.25) is 5.82 Å². The number of nitrogens with zero attached hydrogens (tertiary/aromatic N) is 4. The number of ether oxygens (including phenoxy) is 3. The van der Waals surface area contributed by atoms with Crippen LogP contribution in [0.3, 0.4) is 0 Å². The van der Waals surface area contributed by atoms with E-state index in [4.69, 9.17) is 15.2 Å². The first-order valence-electron chi connectivity index (χ1n) is 10.8. The molecule has 4 heterocycles. The van der Waals surface area contributed by atoms with Gasteiger partial charge >= 0.3 is 5.97 Å². The van der Waals surface area contributed by atoms with Gasteiger partial charge in [0.1, 0.15) is 41.8 Å². The first-order valence-corrected chi connectivity index (χ1v) is 10.8. The first kappa shape index (κ1) is 22.7. The molecule has 35 heavy (non-hydrogen) atoms. The van der Waals surface area contributed by atoms with E-state index >= 15 is 4.39 Å². The minimum Gasteiger partial charge on any atom is -0.491 e. The fraction of sp³-hybridized carbons (Fsp3) is 0.304. The van der Waals surface area contributed by atoms with E-state index in [1.165, 1.54) is 17.9 Å². The maximum atomic E-state index is 15.1. The van der Waals surface area contributed by atoms with E-state index < -0.39 is 30.6 Å². The third-order valence-corrected chi connectivity index (χ3v) is 5.87. The zero-order valence-electron chi connectivity index (χ0n) is 18.9. The third kappa shape index (κ3) is 4.06. The molecule has 4 atom stereocenters. The summed E-state index contributed by atoms with van der Waals surface area (Å²) in [7, 11) is 2.97. The average molecular weight is 482 g/mol. The van der Waals surface area contributed by atoms with Gasteiger partial charge in [-0.25, -0.2) is 24.1 Å². The number of benzene rings is 1. The van der Waals surface area contributed by atoms with Crippen molar-refractivity contribution in [2.45, 2.75) is 24.6 Å². The van der Waals surface area contributed by atoms with E-state index in [0.29, 0.717) is 17.0 Å². The van der Waals surface area contributed by atoms with Crippen LogP contribution in [0.25, 0.3) is 21.9 Å². The van der Waals surface area contributed by atoms with Crippen molar-refractivity contribution in [1.82, 2.24) is 19.5 Å². The molecule has 0 unspecified atom stereocenters. The highest BCUT2D eigenvalue weighted by atomic mass is 19.1. The highest BCUT2D eigenvalue weighted by Gasteiger charge is 2.46. The van der Waals surface area contributed by atoms with Crippen LogP contribution in [0.1, 0.15) is 16.8 Å². The fourth-order valence-electron chi connectivity index (χ4n) is 4.01. The Morgan fingerprint density at radius 1 is 1.26 bits per heavy atom. The molecule has 12 heteroatoms. The van der Waals surface area contributed by atoms with Crippen molar-refractivity contribution < 1.29 is 28.5 Å². The number of aromatic nitrogens is 4. The number of fused-ring (bicyclic) bond motifs is 2. The number of alkyl halides is 1. The second-order valence-electron chi connectivity index (χ2n) is 8.00. The number of pyridine rings is 1. The van der Waals surface area contributed by atoms with Crippen LogP contribution < -0.4 is 15.8 Å². The van der Waals surface area contributed by atoms with E-state index in [0.717, 1.165) is 10.9 Å². The number of aliphatic hydroxyl groups is 1. The number of nitrogens with two attached hydrogens (primary N) is 1. The smallest absolute Gasteiger partial charge is 0.376 e. The molecule has 0 spiro atoms. The van der Waals surface area contributed by atoms with Crippen molar-refractivity contribution in [3.63, 3.8) is 0 Å². The van der Waals surface area contributed by atoms with Crippen molar-refractivity contribution in [1.29, 1.82) is 0 Å². The number of carbonyl (C=O) groups is 1. The number of hydrogen-bond donors (Lipinski definition) is 3. The molecule has 5 rings (SSSR count). The van der Waals surface area contributed by atoms with E-state index in [2.05, 4.69) is 25.0 Å². The molecule has 0 amide bonds. The number of anilines is 2. The zero-order valence-corrected chi connectivity index (χ0v) is 18.9. The highest BCUT2D eigenvalue weighted by molar-refractivity contribution is 5.92. The standard InChI is InChI=1S/C23H23FN6O5/c1-26-16-6-4-11-3-5-12(9-14(11)27-16)34-10-15-18(31)17(24)22(35-15)30-8-7-13-19(25)28-20(23(32)33-2)29-21(13)30/h3-9,15,17-18,22,31H,10H2,1-2H3,(H,26,27)(H2,25,28,29)/t15-,17+,18-,22-/m1/s1. The van der Waals surface area contributed by atoms with Crippen LogP contribution in [0.5, 0.6) is 5.75 Å². The number of rotatable bonds is 6. The van der Waals surface area contributed by atoms with Crippen LogP contribution in [-0.2, 0) is 9.47 Å². The van der Waals surface area contributed by atoms with Crippen LogP contribution in [0.15, 0.2) is 42.6 Å². The number of carbonyl (C=O) groups excluding carboxylic acids is 1. The van der Waals surface area contributed by atoms with Crippen LogP contribution in [0, 0.1) is 0 Å². The number of nitrogen functional groups attached to an aromatic ring is 1. The van der Waals surface area contributed by atoms with Gasteiger partial charge in [-0.3, -0.25) is 0 Å². The van der Waals surface area contributed by atoms with Gasteiger partial charge in [-0.2, -0.15) is 0 Å². The summed E-state index contributed by atoms with van der Waals surface area (Å²) in [5.74, 6) is 0.203. The number of methoxy groups -OCH3 is 1. The second kappa shape index (κ2) is 8.96. The summed E-state index contributed by atoms with van der Waals surface area (Å²) in [6.07, 6.45) is -3.90. The maximum absolute atomic E-state index is 15.1. The van der Waals surface area contributed by atoms with Gasteiger partial charge < -0.3 is 34.9 Å². The Kier molecular flexibility index (Phi) is 5.83. The summed E-state index contributed by atoms with van der Waals surface area (Å²) in [6.45, 7) is -0.0982. The van der Waals surface area contributed by atoms with Gasteiger partial charge in [0.05, 0.1) is 18.0 Å². The Hall–Kier alpha value is -4.03. The summed E-state index contributed by atoms with van der Waals surface area (Å²) in [6, 6.07) is 10.8. The van der Waals surface area contributed by atoms with Gasteiger partial charge in [0.25, 0.3) is 0 Å². The molecule has 11 nitrogen and oxygen atoms in total. The molecular formula is C23H23FN6O5. The minimum absolute atomic E-state index is 0.0364. The largest absolute Gasteiger partial charge is 0.491 e. The molecule has 1 saturated heterocycles. The summed E-state index contributed by atoms with van der Waals surface area (Å²) in [5.41, 5.74) is 6.84. The lowest BCUT2D eigenvalue weighted by Crippen LogP contribution is -2.32. The van der Waals surface area contributed by atoms with Crippen molar-refractivity contribution in [2.24, 2.45) is 0 Å². The average Bonchev–Trinajstić information content (AvgIpc) is 3.42. The number of nitrogens with one attached hydrogen (secondary N) is 1. The minimum atomic E-state index is -1.78. The monoisotopic (exact) mass is 482 g/mol. The molecule has 0 radical (unpaired) electrons. The summed E-state index contributed by atoms with van der Waals surface area (Å²) in [5, 5.41) is 14.8. The number of esters is 1. The van der Waals surface area contributed by atoms with Gasteiger partial charge in [-0.15, -0.1) is 0 Å². The highest BCUT2D eigenvalue weighted by Crippen LogP contribution is 2.35. The van der Waals surface area contributed by atoms with E-state index in [-0.39, 0.29) is 23.9 Å². The van der Waals surface area contributed by atoms with Crippen molar-refractivity contribution in [3.8, 4) is 5.75 Å². The predicted octanol–water partition coefficient (Wildman–Crippen LogP) is 2.07. The lowest BCUT2D eigenvalue weighted by Gasteiger charge is -2.17. The van der Waals surface area contributed by atoms with E-state index in [1.807, 2.05) is 18.2 Å². The topological polar surface area (TPSA) is 147 Å². The maximum Gasteiger partial charge on any atom is 0.376 e. The molecule has 4 aromatic rings. The normalized spacial score (nSPS) is 21.9. The Bertz CT molecular complexity index is 1410. The molecule has 4 N–H and O–H groups in total. The van der Waals surface area contributed by atoms with Crippen LogP contribution in [0.4, 0.5) is 16.0 Å². The van der Waals surface area contributed by atoms with Crippen LogP contribution in [0.2, 0.25) is 0 Å². The quantitative estimate of drug-likeness (QED) is 0.349. The molecule has 0 bridgehead atoms. The molecule has 1 aliphatic heterocycles. The Balaban J connectivity index is 1.36. The predicted molar refractivity (Wildman–Crippen MR) is 125 cm³/mol. The molecule has 1 aliphatic rings. The second-order valence-corrected chi connectivity index (χ2v) is 8.00. The van der Waals surface area contributed by atoms with Crippen LogP contribution >= 0.6 is 0 Å². The summed E-state index contributed by atoms with van der Waals surface area (Å²) < 4.78 is 32.8. The molecular weight excluding hydrogens is 459 g/mol. The van der Waals surface area contributed by atoms with Gasteiger partial charge in [-0.1, -0.05) is 0 Å². The van der Waals surface area contributed by atoms with Gasteiger partial charge in [0.15, 0.2) is 12.4 Å². The Morgan fingerprint density at radius 2 is 2.06 bits per heavy atom. The lowest BCUT2D eigenvalue weighted by atomic mass is 10.1. The first-order chi connectivity index (χ1) is 16.9. The molecule has 3 aromatic heterocycles. The molecule has 0 aliphatic carbocycles. The van der Waals surface area contributed by atoms with E-state index in [1.54, 1.807) is 25.2 Å².